The van der Waals surface area contributed by atoms with Crippen LogP contribution in [0.1, 0.15) is 5.89 Å². The van der Waals surface area contributed by atoms with Crippen LogP contribution in [-0.4, -0.2) is 10.1 Å². The van der Waals surface area contributed by atoms with Crippen LogP contribution in [0, 0.1) is 0 Å². The Balaban J connectivity index is 1.74. The lowest BCUT2D eigenvalue weighted by molar-refractivity contribution is 0.391. The van der Waals surface area contributed by atoms with Gasteiger partial charge in [0.05, 0.1) is 15.8 Å². The number of hydrogen-bond acceptors (Lipinski definition) is 4. The maximum Gasteiger partial charge on any atom is 0.237 e. The minimum absolute atomic E-state index is 0.496. The third-order valence-corrected chi connectivity index (χ3v) is 4.60. The van der Waals surface area contributed by atoms with Crippen LogP contribution in [0.25, 0.3) is 11.4 Å². The zero-order valence-corrected chi connectivity index (χ0v) is 13.1. The van der Waals surface area contributed by atoms with E-state index in [9.17, 15) is 0 Å². The highest BCUT2D eigenvalue weighted by Crippen LogP contribution is 2.30. The Bertz CT molecular complexity index is 761. The van der Waals surface area contributed by atoms with Crippen molar-refractivity contribution in [3.05, 3.63) is 64.5 Å². The lowest BCUT2D eigenvalue weighted by Crippen LogP contribution is -1.84. The summed E-state index contributed by atoms with van der Waals surface area (Å²) in [6, 6.07) is 15.1. The fourth-order valence-corrected chi connectivity index (χ4v) is 3.06. The molecule has 1 heterocycles. The molecule has 0 radical (unpaired) electrons. The molecule has 0 unspecified atom stereocenters. The molecule has 1 aromatic heterocycles. The monoisotopic (exact) mass is 336 g/mol. The number of halogens is 2. The predicted molar refractivity (Wildman–Crippen MR) is 85.8 cm³/mol. The summed E-state index contributed by atoms with van der Waals surface area (Å²) in [5, 5.41) is 5.28. The number of rotatable bonds is 4. The summed E-state index contributed by atoms with van der Waals surface area (Å²) in [7, 11) is 0. The highest BCUT2D eigenvalue weighted by atomic mass is 35.5. The first-order valence-electron chi connectivity index (χ1n) is 6.19. The Hall–Kier alpha value is -1.49. The van der Waals surface area contributed by atoms with Crippen molar-refractivity contribution < 1.29 is 4.52 Å². The van der Waals surface area contributed by atoms with Gasteiger partial charge in [0.2, 0.25) is 11.7 Å². The summed E-state index contributed by atoms with van der Waals surface area (Å²) >= 11 is 13.8. The van der Waals surface area contributed by atoms with Crippen LogP contribution >= 0.6 is 35.0 Å². The van der Waals surface area contributed by atoms with Gasteiger partial charge in [0.1, 0.15) is 0 Å². The Morgan fingerprint density at radius 2 is 1.67 bits per heavy atom. The van der Waals surface area contributed by atoms with Crippen molar-refractivity contribution in [1.29, 1.82) is 0 Å². The van der Waals surface area contributed by atoms with E-state index in [4.69, 9.17) is 27.7 Å². The first-order valence-corrected chi connectivity index (χ1v) is 7.93. The van der Waals surface area contributed by atoms with Gasteiger partial charge in [-0.2, -0.15) is 4.98 Å². The molecule has 3 rings (SSSR count). The normalized spacial score (nSPS) is 10.8. The smallest absolute Gasteiger partial charge is 0.237 e. The molecule has 0 bridgehead atoms. The van der Waals surface area contributed by atoms with E-state index in [0.29, 0.717) is 27.5 Å². The van der Waals surface area contributed by atoms with Gasteiger partial charge < -0.3 is 4.52 Å². The van der Waals surface area contributed by atoms with Gasteiger partial charge in [-0.25, -0.2) is 0 Å². The molecule has 2 aromatic carbocycles. The second-order valence-corrected chi connectivity index (χ2v) is 6.04. The molecule has 3 nitrogen and oxygen atoms in total. The van der Waals surface area contributed by atoms with Gasteiger partial charge in [0, 0.05) is 10.5 Å². The lowest BCUT2D eigenvalue weighted by Gasteiger charge is -2.00. The summed E-state index contributed by atoms with van der Waals surface area (Å²) < 4.78 is 5.25. The van der Waals surface area contributed by atoms with E-state index in [1.807, 2.05) is 42.5 Å². The maximum atomic E-state index is 6.12. The van der Waals surface area contributed by atoms with Crippen molar-refractivity contribution in [1.82, 2.24) is 10.1 Å². The molecule has 0 aliphatic rings. The molecule has 0 spiro atoms. The third kappa shape index (κ3) is 3.40. The fourth-order valence-electron chi connectivity index (χ4n) is 1.77. The van der Waals surface area contributed by atoms with Crippen molar-refractivity contribution in [2.75, 3.05) is 0 Å². The Labute approximate surface area is 136 Å². The van der Waals surface area contributed by atoms with E-state index in [-0.39, 0.29) is 0 Å². The molecule has 0 atom stereocenters. The molecule has 0 amide bonds. The molecule has 0 aliphatic carbocycles. The van der Waals surface area contributed by atoms with Crippen molar-refractivity contribution >= 4 is 35.0 Å². The van der Waals surface area contributed by atoms with Gasteiger partial charge in [0.15, 0.2) is 0 Å². The van der Waals surface area contributed by atoms with E-state index in [0.717, 1.165) is 10.5 Å². The Kier molecular flexibility index (Phi) is 4.48. The van der Waals surface area contributed by atoms with Gasteiger partial charge in [0.25, 0.3) is 0 Å². The molecule has 106 valence electrons. The average Bonchev–Trinajstić information content (AvgIpc) is 2.96. The van der Waals surface area contributed by atoms with Gasteiger partial charge >= 0.3 is 0 Å². The minimum Gasteiger partial charge on any atom is -0.338 e. The Morgan fingerprint density at radius 3 is 2.43 bits per heavy atom. The van der Waals surface area contributed by atoms with Gasteiger partial charge in [-0.1, -0.05) is 52.6 Å². The van der Waals surface area contributed by atoms with Crippen molar-refractivity contribution in [2.24, 2.45) is 0 Å². The van der Waals surface area contributed by atoms with Crippen molar-refractivity contribution in [2.45, 2.75) is 10.6 Å². The zero-order chi connectivity index (χ0) is 14.7. The SMILES string of the molecule is Clc1ccccc1SCc1nc(-c2ccccc2Cl)no1. The number of thioether (sulfide) groups is 1. The first kappa shape index (κ1) is 14.4. The third-order valence-electron chi connectivity index (χ3n) is 2.77. The molecular weight excluding hydrogens is 327 g/mol. The van der Waals surface area contributed by atoms with Crippen LogP contribution in [0.15, 0.2) is 57.9 Å². The van der Waals surface area contributed by atoms with Crippen LogP contribution in [-0.2, 0) is 5.75 Å². The highest BCUT2D eigenvalue weighted by Gasteiger charge is 2.12. The minimum atomic E-state index is 0.496. The standard InChI is InChI=1S/C15H10Cl2N2OS/c16-11-6-2-1-5-10(11)15-18-14(20-19-15)9-21-13-8-4-3-7-12(13)17/h1-8H,9H2. The maximum absolute atomic E-state index is 6.12. The van der Waals surface area contributed by atoms with E-state index in [2.05, 4.69) is 10.1 Å². The second-order valence-electron chi connectivity index (χ2n) is 4.21. The van der Waals surface area contributed by atoms with E-state index >= 15 is 0 Å². The molecule has 6 heteroatoms. The average molecular weight is 337 g/mol. The molecule has 3 aromatic rings. The largest absolute Gasteiger partial charge is 0.338 e. The summed E-state index contributed by atoms with van der Waals surface area (Å²) in [5.41, 5.74) is 0.761. The second kappa shape index (κ2) is 6.52. The molecule has 0 N–H and O–H groups in total. The van der Waals surface area contributed by atoms with Crippen LogP contribution in [0.2, 0.25) is 10.0 Å². The van der Waals surface area contributed by atoms with Gasteiger partial charge in [-0.05, 0) is 24.3 Å². The molecular formula is C15H10Cl2N2OS. The summed E-state index contributed by atoms with van der Waals surface area (Å²) in [4.78, 5) is 5.34. The Morgan fingerprint density at radius 1 is 0.952 bits per heavy atom. The molecule has 0 saturated carbocycles. The highest BCUT2D eigenvalue weighted by molar-refractivity contribution is 7.98. The predicted octanol–water partition coefficient (Wildman–Crippen LogP) is 5.34. The first-order chi connectivity index (χ1) is 10.2. The molecule has 0 aliphatic heterocycles. The number of aromatic nitrogens is 2. The van der Waals surface area contributed by atoms with Crippen molar-refractivity contribution in [3.63, 3.8) is 0 Å². The van der Waals surface area contributed by atoms with E-state index < -0.39 is 0 Å². The van der Waals surface area contributed by atoms with Crippen LogP contribution in [0.4, 0.5) is 0 Å². The quantitative estimate of drug-likeness (QED) is 0.603. The lowest BCUT2D eigenvalue weighted by atomic mass is 10.2. The molecule has 0 saturated heterocycles. The van der Waals surface area contributed by atoms with Crippen molar-refractivity contribution in [3.8, 4) is 11.4 Å². The van der Waals surface area contributed by atoms with E-state index in [1.54, 1.807) is 17.8 Å². The van der Waals surface area contributed by atoms with E-state index in [1.165, 1.54) is 0 Å². The fraction of sp³-hybridized carbons (Fsp3) is 0.0667. The number of nitrogens with zero attached hydrogens (tertiary/aromatic N) is 2. The van der Waals surface area contributed by atoms with Crippen LogP contribution in [0.5, 0.6) is 0 Å². The summed E-state index contributed by atoms with van der Waals surface area (Å²) in [6.45, 7) is 0. The van der Waals surface area contributed by atoms with Crippen LogP contribution in [0.3, 0.4) is 0 Å². The molecule has 21 heavy (non-hydrogen) atoms. The summed E-state index contributed by atoms with van der Waals surface area (Å²) in [6.07, 6.45) is 0. The zero-order valence-electron chi connectivity index (χ0n) is 10.8. The van der Waals surface area contributed by atoms with Gasteiger partial charge in [-0.3, -0.25) is 0 Å². The van der Waals surface area contributed by atoms with Crippen LogP contribution < -0.4 is 0 Å². The topological polar surface area (TPSA) is 38.9 Å². The van der Waals surface area contributed by atoms with Gasteiger partial charge in [-0.15, -0.1) is 11.8 Å². The molecule has 0 fully saturated rings. The number of benzene rings is 2. The number of hydrogen-bond donors (Lipinski definition) is 0. The summed E-state index contributed by atoms with van der Waals surface area (Å²) in [5.74, 6) is 1.59.